The van der Waals surface area contributed by atoms with Crippen molar-refractivity contribution >= 4 is 35.4 Å². The molecule has 1 unspecified atom stereocenters. The Morgan fingerprint density at radius 2 is 2.08 bits per heavy atom. The number of amides is 1. The zero-order valence-electron chi connectivity index (χ0n) is 14.2. The molecule has 1 aliphatic rings. The van der Waals surface area contributed by atoms with E-state index in [-0.39, 0.29) is 30.1 Å². The van der Waals surface area contributed by atoms with Crippen molar-refractivity contribution in [1.29, 1.82) is 0 Å². The molecule has 0 bridgehead atoms. The first-order valence-corrected chi connectivity index (χ1v) is 8.74. The molecule has 0 spiro atoms. The van der Waals surface area contributed by atoms with Gasteiger partial charge in [-0.05, 0) is 19.1 Å². The van der Waals surface area contributed by atoms with Gasteiger partial charge in [-0.15, -0.1) is 23.7 Å². The number of hydrogen-bond acceptors (Lipinski definition) is 5. The molecule has 7 heteroatoms. The Kier molecular flexibility index (Phi) is 6.58. The van der Waals surface area contributed by atoms with E-state index in [1.807, 2.05) is 29.2 Å². The van der Waals surface area contributed by atoms with E-state index in [1.54, 1.807) is 18.6 Å². The van der Waals surface area contributed by atoms with Gasteiger partial charge >= 0.3 is 0 Å². The highest BCUT2D eigenvalue weighted by Crippen LogP contribution is 2.32. The molecule has 134 valence electrons. The molecule has 1 fully saturated rings. The Morgan fingerprint density at radius 3 is 2.76 bits per heavy atom. The highest BCUT2D eigenvalue weighted by molar-refractivity contribution is 7.12. The number of benzene rings is 1. The topological polar surface area (TPSA) is 58.6 Å². The van der Waals surface area contributed by atoms with Gasteiger partial charge in [0.25, 0.3) is 5.91 Å². The van der Waals surface area contributed by atoms with Gasteiger partial charge < -0.3 is 15.0 Å². The molecule has 1 amide bonds. The Morgan fingerprint density at radius 1 is 1.32 bits per heavy atom. The predicted molar refractivity (Wildman–Crippen MR) is 101 cm³/mol. The largest absolute Gasteiger partial charge is 0.496 e. The predicted octanol–water partition coefficient (Wildman–Crippen LogP) is 3.17. The molecule has 0 saturated carbocycles. The third-order valence-corrected chi connectivity index (χ3v) is 5.14. The van der Waals surface area contributed by atoms with Gasteiger partial charge in [-0.2, -0.15) is 0 Å². The van der Waals surface area contributed by atoms with Crippen LogP contribution >= 0.6 is 23.7 Å². The van der Waals surface area contributed by atoms with Crippen molar-refractivity contribution in [3.8, 4) is 5.75 Å². The highest BCUT2D eigenvalue weighted by Gasteiger charge is 2.31. The number of carbonyl (C=O) groups excluding carboxylic acids is 2. The van der Waals surface area contributed by atoms with Crippen LogP contribution < -0.4 is 10.1 Å². The van der Waals surface area contributed by atoms with Crippen LogP contribution in [0.25, 0.3) is 0 Å². The van der Waals surface area contributed by atoms with E-state index >= 15 is 0 Å². The van der Waals surface area contributed by atoms with Crippen molar-refractivity contribution in [2.75, 3.05) is 26.7 Å². The normalized spacial score (nSPS) is 16.9. The van der Waals surface area contributed by atoms with E-state index in [0.717, 1.165) is 17.9 Å². The second-order valence-corrected chi connectivity index (χ2v) is 6.63. The van der Waals surface area contributed by atoms with Gasteiger partial charge in [0.15, 0.2) is 5.78 Å². The number of nitrogens with one attached hydrogen (secondary N) is 1. The fourth-order valence-corrected chi connectivity index (χ4v) is 3.84. The zero-order valence-corrected chi connectivity index (χ0v) is 15.8. The Labute approximate surface area is 157 Å². The maximum absolute atomic E-state index is 13.0. The summed E-state index contributed by atoms with van der Waals surface area (Å²) in [7, 11) is 1.64. The summed E-state index contributed by atoms with van der Waals surface area (Å²) in [6.07, 6.45) is 0. The maximum Gasteiger partial charge on any atom is 0.264 e. The Bertz CT molecular complexity index is 762. The summed E-state index contributed by atoms with van der Waals surface area (Å²) in [5.41, 5.74) is 1.58. The molecule has 1 saturated heterocycles. The molecule has 2 heterocycles. The molecule has 1 atom stereocenters. The second kappa shape index (κ2) is 8.47. The number of ketones is 1. The van der Waals surface area contributed by atoms with Crippen LogP contribution in [0.2, 0.25) is 0 Å². The molecule has 1 N–H and O–H groups in total. The number of nitrogens with zero attached hydrogens (tertiary/aromatic N) is 1. The van der Waals surface area contributed by atoms with E-state index in [4.69, 9.17) is 4.74 Å². The first-order chi connectivity index (χ1) is 11.6. The lowest BCUT2D eigenvalue weighted by molar-refractivity contribution is 0.0636. The van der Waals surface area contributed by atoms with Crippen molar-refractivity contribution < 1.29 is 14.3 Å². The molecule has 0 radical (unpaired) electrons. The highest BCUT2D eigenvalue weighted by atomic mass is 35.5. The molecule has 5 nitrogen and oxygen atoms in total. The van der Waals surface area contributed by atoms with E-state index < -0.39 is 0 Å². The van der Waals surface area contributed by atoms with Gasteiger partial charge in [-0.25, -0.2) is 0 Å². The number of thiophene rings is 1. The number of piperazine rings is 1. The Hall–Kier alpha value is -1.89. The van der Waals surface area contributed by atoms with E-state index in [0.29, 0.717) is 23.5 Å². The second-order valence-electron chi connectivity index (χ2n) is 5.72. The molecule has 1 aromatic carbocycles. The summed E-state index contributed by atoms with van der Waals surface area (Å²) in [4.78, 5) is 26.9. The van der Waals surface area contributed by atoms with Crippen molar-refractivity contribution in [3.63, 3.8) is 0 Å². The standard InChI is InChI=1S/C18H20N2O3S.ClH/c1-12(21)13-9-17(24-11-13)18(22)20-8-7-19-10-15(20)14-5-3-4-6-16(14)23-2;/h3-6,9,11,15,19H,7-8,10H2,1-2H3;1H. The third kappa shape index (κ3) is 4.03. The zero-order chi connectivity index (χ0) is 17.1. The van der Waals surface area contributed by atoms with Crippen LogP contribution in [0, 0.1) is 0 Å². The van der Waals surface area contributed by atoms with Crippen LogP contribution in [0.3, 0.4) is 0 Å². The van der Waals surface area contributed by atoms with Gasteiger partial charge in [0, 0.05) is 36.1 Å². The summed E-state index contributed by atoms with van der Waals surface area (Å²) >= 11 is 1.32. The van der Waals surface area contributed by atoms with Crippen LogP contribution in [0.4, 0.5) is 0 Å². The number of Topliss-reactive ketones (excluding diaryl/α,β-unsaturated/α-hetero) is 1. The quantitative estimate of drug-likeness (QED) is 0.828. The summed E-state index contributed by atoms with van der Waals surface area (Å²) in [5.74, 6) is 0.719. The number of halogens is 1. The van der Waals surface area contributed by atoms with Crippen LogP contribution in [0.1, 0.15) is 38.6 Å². The minimum atomic E-state index is -0.0923. The third-order valence-electron chi connectivity index (χ3n) is 4.22. The van der Waals surface area contributed by atoms with Gasteiger partial charge in [0.1, 0.15) is 5.75 Å². The van der Waals surface area contributed by atoms with Crippen molar-refractivity contribution in [2.45, 2.75) is 13.0 Å². The van der Waals surface area contributed by atoms with Gasteiger partial charge in [0.2, 0.25) is 0 Å². The number of methoxy groups -OCH3 is 1. The van der Waals surface area contributed by atoms with Crippen molar-refractivity contribution in [2.24, 2.45) is 0 Å². The van der Waals surface area contributed by atoms with Crippen LogP contribution in [-0.4, -0.2) is 43.3 Å². The minimum absolute atomic E-state index is 0. The lowest BCUT2D eigenvalue weighted by Crippen LogP contribution is -2.48. The van der Waals surface area contributed by atoms with Crippen LogP contribution in [-0.2, 0) is 0 Å². The maximum atomic E-state index is 13.0. The molecular formula is C18H21ClN2O3S. The molecule has 0 aliphatic carbocycles. The fourth-order valence-electron chi connectivity index (χ4n) is 2.94. The minimum Gasteiger partial charge on any atom is -0.496 e. The number of hydrogen-bond donors (Lipinski definition) is 1. The fraction of sp³-hybridized carbons (Fsp3) is 0.333. The monoisotopic (exact) mass is 380 g/mol. The van der Waals surface area contributed by atoms with Gasteiger partial charge in [-0.1, -0.05) is 18.2 Å². The first-order valence-electron chi connectivity index (χ1n) is 7.86. The van der Waals surface area contributed by atoms with Crippen LogP contribution in [0.5, 0.6) is 5.75 Å². The van der Waals surface area contributed by atoms with E-state index in [2.05, 4.69) is 5.32 Å². The molecule has 3 rings (SSSR count). The van der Waals surface area contributed by atoms with Crippen LogP contribution in [0.15, 0.2) is 35.7 Å². The molecule has 1 aromatic heterocycles. The van der Waals surface area contributed by atoms with E-state index in [1.165, 1.54) is 18.3 Å². The molecule has 25 heavy (non-hydrogen) atoms. The van der Waals surface area contributed by atoms with E-state index in [9.17, 15) is 9.59 Å². The summed E-state index contributed by atoms with van der Waals surface area (Å²) in [5, 5.41) is 5.09. The summed E-state index contributed by atoms with van der Waals surface area (Å²) < 4.78 is 5.46. The summed E-state index contributed by atoms with van der Waals surface area (Å²) in [6.45, 7) is 3.56. The first kappa shape index (κ1) is 19.4. The number of carbonyl (C=O) groups is 2. The van der Waals surface area contributed by atoms with Crippen molar-refractivity contribution in [1.82, 2.24) is 10.2 Å². The van der Waals surface area contributed by atoms with Crippen molar-refractivity contribution in [3.05, 3.63) is 51.7 Å². The smallest absolute Gasteiger partial charge is 0.264 e. The molecule has 1 aliphatic heterocycles. The lowest BCUT2D eigenvalue weighted by atomic mass is 10.0. The molecule has 2 aromatic rings. The average Bonchev–Trinajstić information content (AvgIpc) is 3.11. The summed E-state index contributed by atoms with van der Waals surface area (Å²) in [6, 6.07) is 9.37. The number of ether oxygens (including phenoxy) is 1. The lowest BCUT2D eigenvalue weighted by Gasteiger charge is -2.36. The van der Waals surface area contributed by atoms with Gasteiger partial charge in [0.05, 0.1) is 18.0 Å². The van der Waals surface area contributed by atoms with Gasteiger partial charge in [-0.3, -0.25) is 9.59 Å². The Balaban J connectivity index is 0.00000225. The molecular weight excluding hydrogens is 360 g/mol. The number of rotatable bonds is 4. The average molecular weight is 381 g/mol. The number of para-hydroxylation sites is 1. The SMILES string of the molecule is COc1ccccc1C1CNCCN1C(=O)c1cc(C(C)=O)cs1.Cl.